The summed E-state index contributed by atoms with van der Waals surface area (Å²) < 4.78 is 27.0. The number of hydrogen-bond acceptors (Lipinski definition) is 5. The first-order valence-electron chi connectivity index (χ1n) is 5.60. The van der Waals surface area contributed by atoms with E-state index >= 15 is 0 Å². The molecule has 19 heavy (non-hydrogen) atoms. The molecule has 102 valence electrons. The summed E-state index contributed by atoms with van der Waals surface area (Å²) in [5.74, 6) is 0.108. The molecule has 0 atom stereocenters. The van der Waals surface area contributed by atoms with Crippen molar-refractivity contribution in [3.05, 3.63) is 38.9 Å². The molecule has 2 N–H and O–H groups in total. The Bertz CT molecular complexity index is 793. The molecule has 0 radical (unpaired) electrons. The van der Waals surface area contributed by atoms with Crippen LogP contribution in [0.2, 0.25) is 0 Å². The van der Waals surface area contributed by atoms with Crippen molar-refractivity contribution in [1.29, 1.82) is 0 Å². The molecule has 0 unspecified atom stereocenters. The molecule has 0 aliphatic carbocycles. The van der Waals surface area contributed by atoms with E-state index in [1.807, 2.05) is 6.92 Å². The molecule has 7 heteroatoms. The summed E-state index contributed by atoms with van der Waals surface area (Å²) in [4.78, 5) is 11.8. The molecule has 2 rings (SSSR count). The van der Waals surface area contributed by atoms with Crippen LogP contribution in [0.15, 0.2) is 23.0 Å². The fourth-order valence-electron chi connectivity index (χ4n) is 1.98. The number of nitrogens with two attached hydrogens (primary N) is 1. The Kier molecular flexibility index (Phi) is 3.62. The van der Waals surface area contributed by atoms with E-state index in [1.54, 1.807) is 13.0 Å². The lowest BCUT2D eigenvalue weighted by atomic mass is 10.0. The summed E-state index contributed by atoms with van der Waals surface area (Å²) in [6, 6.07) is 4.80. The zero-order chi connectivity index (χ0) is 14.2. The van der Waals surface area contributed by atoms with E-state index in [4.69, 9.17) is 5.14 Å². The quantitative estimate of drug-likeness (QED) is 0.934. The number of fused-ring (bicyclic) bond motifs is 1. The van der Waals surface area contributed by atoms with Crippen LogP contribution >= 0.6 is 11.3 Å². The highest BCUT2D eigenvalue weighted by atomic mass is 32.2. The van der Waals surface area contributed by atoms with Crippen LogP contribution in [0, 0.1) is 6.92 Å². The highest BCUT2D eigenvalue weighted by Crippen LogP contribution is 2.27. The van der Waals surface area contributed by atoms with Gasteiger partial charge in [-0.2, -0.15) is 13.6 Å². The molecular weight excluding hydrogens is 286 g/mol. The SMILES string of the molecule is CCc1c(C)c(=O)sc2cc(OS(N)(=O)=O)ccc12. The van der Waals surface area contributed by atoms with Crippen molar-refractivity contribution in [2.75, 3.05) is 0 Å². The second-order valence-corrected chi connectivity index (χ2v) is 6.25. The molecular formula is C12H13NO4S2. The molecule has 2 aromatic rings. The summed E-state index contributed by atoms with van der Waals surface area (Å²) >= 11 is 1.07. The summed E-state index contributed by atoms with van der Waals surface area (Å²) in [7, 11) is -4.05. The Hall–Kier alpha value is -1.44. The van der Waals surface area contributed by atoms with Crippen molar-refractivity contribution in [3.8, 4) is 5.75 Å². The Morgan fingerprint density at radius 3 is 2.63 bits per heavy atom. The first-order chi connectivity index (χ1) is 8.81. The van der Waals surface area contributed by atoms with Gasteiger partial charge < -0.3 is 4.18 Å². The van der Waals surface area contributed by atoms with Gasteiger partial charge in [0.15, 0.2) is 0 Å². The average molecular weight is 299 g/mol. The lowest BCUT2D eigenvalue weighted by molar-refractivity contribution is 0.488. The molecule has 5 nitrogen and oxygen atoms in total. The summed E-state index contributed by atoms with van der Waals surface area (Å²) in [5.41, 5.74) is 1.71. The van der Waals surface area contributed by atoms with Crippen molar-refractivity contribution in [3.63, 3.8) is 0 Å². The fourth-order valence-corrected chi connectivity index (χ4v) is 3.30. The molecule has 1 aromatic heterocycles. The van der Waals surface area contributed by atoms with E-state index < -0.39 is 10.3 Å². The van der Waals surface area contributed by atoms with E-state index in [-0.39, 0.29) is 10.5 Å². The number of benzene rings is 1. The predicted molar refractivity (Wildman–Crippen MR) is 75.9 cm³/mol. The Balaban J connectivity index is 2.68. The van der Waals surface area contributed by atoms with Crippen LogP contribution < -0.4 is 14.1 Å². The van der Waals surface area contributed by atoms with Crippen molar-refractivity contribution in [2.24, 2.45) is 5.14 Å². The molecule has 0 saturated carbocycles. The van der Waals surface area contributed by atoms with Crippen LogP contribution in [0.4, 0.5) is 0 Å². The zero-order valence-corrected chi connectivity index (χ0v) is 12.1. The Morgan fingerprint density at radius 2 is 2.05 bits per heavy atom. The molecule has 1 heterocycles. The molecule has 0 spiro atoms. The highest BCUT2D eigenvalue weighted by Gasteiger charge is 2.11. The average Bonchev–Trinajstić information content (AvgIpc) is 2.29. The molecule has 0 aliphatic heterocycles. The van der Waals surface area contributed by atoms with Gasteiger partial charge in [0.25, 0.3) is 0 Å². The first-order valence-corrected chi connectivity index (χ1v) is 7.89. The zero-order valence-electron chi connectivity index (χ0n) is 10.5. The molecule has 0 aliphatic rings. The van der Waals surface area contributed by atoms with Crippen LogP contribution in [-0.2, 0) is 16.7 Å². The van der Waals surface area contributed by atoms with Crippen LogP contribution in [0.3, 0.4) is 0 Å². The second-order valence-electron chi connectivity index (χ2n) is 4.08. The van der Waals surface area contributed by atoms with Crippen molar-refractivity contribution >= 4 is 31.7 Å². The summed E-state index contributed by atoms with van der Waals surface area (Å²) in [6.07, 6.45) is 0.737. The minimum absolute atomic E-state index is 0.0305. The van der Waals surface area contributed by atoms with Gasteiger partial charge in [-0.3, -0.25) is 4.79 Å². The molecule has 0 bridgehead atoms. The van der Waals surface area contributed by atoms with E-state index in [1.165, 1.54) is 12.1 Å². The maximum absolute atomic E-state index is 11.8. The lowest BCUT2D eigenvalue weighted by Crippen LogP contribution is -2.18. The summed E-state index contributed by atoms with van der Waals surface area (Å²) in [5, 5.41) is 5.75. The normalized spacial score (nSPS) is 11.7. The standard InChI is InChI=1S/C12H13NO4S2/c1-3-9-7(2)12(14)18-11-6-8(4-5-10(9)11)17-19(13,15)16/h4-6H,3H2,1-2H3,(H2,13,15,16). The van der Waals surface area contributed by atoms with E-state index in [0.717, 1.165) is 34.3 Å². The molecule has 1 aromatic carbocycles. The van der Waals surface area contributed by atoms with E-state index in [0.29, 0.717) is 4.70 Å². The van der Waals surface area contributed by atoms with Gasteiger partial charge in [-0.05, 0) is 42.5 Å². The topological polar surface area (TPSA) is 86.5 Å². The maximum atomic E-state index is 11.8. The highest BCUT2D eigenvalue weighted by molar-refractivity contribution is 7.84. The van der Waals surface area contributed by atoms with Crippen molar-refractivity contribution < 1.29 is 12.6 Å². The number of hydrogen-bond donors (Lipinski definition) is 1. The molecule has 0 fully saturated rings. The Morgan fingerprint density at radius 1 is 1.37 bits per heavy atom. The van der Waals surface area contributed by atoms with Crippen molar-refractivity contribution in [1.82, 2.24) is 0 Å². The summed E-state index contributed by atoms with van der Waals surface area (Å²) in [6.45, 7) is 3.77. The lowest BCUT2D eigenvalue weighted by Gasteiger charge is -2.08. The fraction of sp³-hybridized carbons (Fsp3) is 0.250. The monoisotopic (exact) mass is 299 g/mol. The van der Waals surface area contributed by atoms with Gasteiger partial charge in [0.2, 0.25) is 4.74 Å². The van der Waals surface area contributed by atoms with Gasteiger partial charge in [0, 0.05) is 10.3 Å². The van der Waals surface area contributed by atoms with E-state index in [2.05, 4.69) is 4.18 Å². The third-order valence-electron chi connectivity index (χ3n) is 2.81. The Labute approximate surface area is 114 Å². The van der Waals surface area contributed by atoms with Crippen LogP contribution in [0.1, 0.15) is 18.1 Å². The van der Waals surface area contributed by atoms with Gasteiger partial charge in [-0.1, -0.05) is 18.3 Å². The van der Waals surface area contributed by atoms with Crippen molar-refractivity contribution in [2.45, 2.75) is 20.3 Å². The first kappa shape index (κ1) is 14.0. The van der Waals surface area contributed by atoms with Crippen LogP contribution in [-0.4, -0.2) is 8.42 Å². The minimum atomic E-state index is -4.05. The predicted octanol–water partition coefficient (Wildman–Crippen LogP) is 1.71. The second kappa shape index (κ2) is 4.92. The van der Waals surface area contributed by atoms with Gasteiger partial charge in [-0.15, -0.1) is 0 Å². The number of aryl methyl sites for hydroxylation is 1. The minimum Gasteiger partial charge on any atom is -0.371 e. The maximum Gasteiger partial charge on any atom is 0.380 e. The molecule has 0 amide bonds. The number of rotatable bonds is 3. The van der Waals surface area contributed by atoms with Gasteiger partial charge in [0.1, 0.15) is 5.75 Å². The van der Waals surface area contributed by atoms with E-state index in [9.17, 15) is 13.2 Å². The van der Waals surface area contributed by atoms with Gasteiger partial charge in [0.05, 0.1) is 0 Å². The third kappa shape index (κ3) is 2.94. The van der Waals surface area contributed by atoms with Gasteiger partial charge >= 0.3 is 10.3 Å². The molecule has 0 saturated heterocycles. The van der Waals surface area contributed by atoms with Crippen LogP contribution in [0.5, 0.6) is 5.75 Å². The third-order valence-corrected chi connectivity index (χ3v) is 4.28. The van der Waals surface area contributed by atoms with Gasteiger partial charge in [-0.25, -0.2) is 0 Å². The largest absolute Gasteiger partial charge is 0.380 e. The smallest absolute Gasteiger partial charge is 0.371 e. The van der Waals surface area contributed by atoms with Crippen LogP contribution in [0.25, 0.3) is 10.1 Å².